The average molecular weight is 415 g/mol. The molecule has 0 bridgehead atoms. The zero-order chi connectivity index (χ0) is 21.5. The largest absolute Gasteiger partial charge is 0.454 e. The number of esters is 1. The van der Waals surface area contributed by atoms with Crippen LogP contribution in [0.25, 0.3) is 44.1 Å². The molecule has 6 aromatic rings. The smallest absolute Gasteiger partial charge is 0.344 e. The molecule has 4 nitrogen and oxygen atoms in total. The van der Waals surface area contributed by atoms with E-state index in [9.17, 15) is 4.79 Å². The van der Waals surface area contributed by atoms with E-state index in [1.807, 2.05) is 97.1 Å². The molecule has 2 heterocycles. The fourth-order valence-electron chi connectivity index (χ4n) is 3.97. The van der Waals surface area contributed by atoms with Gasteiger partial charge in [-0.25, -0.2) is 9.78 Å². The molecule has 0 fully saturated rings. The van der Waals surface area contributed by atoms with Crippen molar-refractivity contribution in [3.8, 4) is 17.2 Å². The maximum atomic E-state index is 13.2. The van der Waals surface area contributed by atoms with E-state index >= 15 is 0 Å². The van der Waals surface area contributed by atoms with E-state index in [0.29, 0.717) is 28.3 Å². The summed E-state index contributed by atoms with van der Waals surface area (Å²) in [4.78, 5) is 18.0. The third kappa shape index (κ3) is 3.19. The molecule has 4 heteroatoms. The van der Waals surface area contributed by atoms with Crippen molar-refractivity contribution < 1.29 is 13.9 Å². The lowest BCUT2D eigenvalue weighted by Crippen LogP contribution is -2.10. The van der Waals surface area contributed by atoms with Crippen LogP contribution in [0.4, 0.5) is 0 Å². The number of pyridine rings is 1. The Bertz CT molecular complexity index is 1600. The fourth-order valence-corrected chi connectivity index (χ4v) is 3.97. The monoisotopic (exact) mass is 415 g/mol. The van der Waals surface area contributed by atoms with E-state index in [1.165, 1.54) is 0 Å². The van der Waals surface area contributed by atoms with Gasteiger partial charge in [0.15, 0.2) is 5.76 Å². The lowest BCUT2D eigenvalue weighted by molar-refractivity contribution is 0.0737. The second-order valence-corrected chi connectivity index (χ2v) is 7.62. The Kier molecular flexibility index (Phi) is 4.22. The van der Waals surface area contributed by atoms with Gasteiger partial charge in [-0.05, 0) is 47.2 Å². The van der Waals surface area contributed by atoms with Crippen LogP contribution in [0.1, 0.15) is 10.4 Å². The van der Waals surface area contributed by atoms with Gasteiger partial charge in [-0.1, -0.05) is 66.7 Å². The molecule has 0 atom stereocenters. The highest BCUT2D eigenvalue weighted by Gasteiger charge is 2.18. The molecule has 0 saturated heterocycles. The third-order valence-corrected chi connectivity index (χ3v) is 5.55. The molecule has 0 aliphatic heterocycles. The maximum absolute atomic E-state index is 13.2. The molecule has 0 saturated carbocycles. The highest BCUT2D eigenvalue weighted by atomic mass is 16.5. The van der Waals surface area contributed by atoms with E-state index in [-0.39, 0.29) is 0 Å². The average Bonchev–Trinajstić information content (AvgIpc) is 3.28. The Labute approximate surface area is 183 Å². The van der Waals surface area contributed by atoms with Crippen molar-refractivity contribution in [2.24, 2.45) is 0 Å². The van der Waals surface area contributed by atoms with E-state index in [0.717, 1.165) is 27.1 Å². The van der Waals surface area contributed by atoms with Gasteiger partial charge in [0.1, 0.15) is 17.0 Å². The van der Waals surface area contributed by atoms with Gasteiger partial charge < -0.3 is 9.15 Å². The van der Waals surface area contributed by atoms with Crippen LogP contribution >= 0.6 is 0 Å². The van der Waals surface area contributed by atoms with Crippen molar-refractivity contribution in [3.05, 3.63) is 109 Å². The molecule has 152 valence electrons. The molecule has 0 spiro atoms. The van der Waals surface area contributed by atoms with Gasteiger partial charge in [0.2, 0.25) is 0 Å². The first kappa shape index (κ1) is 18.3. The minimum absolute atomic E-state index is 0.434. The number of hydrogen-bond acceptors (Lipinski definition) is 4. The highest BCUT2D eigenvalue weighted by molar-refractivity contribution is 6.05. The van der Waals surface area contributed by atoms with Crippen LogP contribution in [0, 0.1) is 0 Å². The second kappa shape index (κ2) is 7.36. The van der Waals surface area contributed by atoms with E-state index < -0.39 is 5.97 Å². The number of carbonyl (C=O) groups is 1. The molecule has 0 radical (unpaired) electrons. The summed E-state index contributed by atoms with van der Waals surface area (Å²) in [7, 11) is 0. The summed E-state index contributed by atoms with van der Waals surface area (Å²) >= 11 is 0. The third-order valence-electron chi connectivity index (χ3n) is 5.55. The number of furan rings is 1. The molecule has 0 aliphatic carbocycles. The number of para-hydroxylation sites is 2. The van der Waals surface area contributed by atoms with E-state index in [4.69, 9.17) is 14.1 Å². The Morgan fingerprint density at radius 2 is 1.47 bits per heavy atom. The summed E-state index contributed by atoms with van der Waals surface area (Å²) in [6, 6.07) is 32.6. The number of carbonyl (C=O) groups excluding carboxylic acids is 1. The number of ether oxygens (including phenoxy) is 1. The Morgan fingerprint density at radius 3 is 2.34 bits per heavy atom. The minimum Gasteiger partial charge on any atom is -0.454 e. The Hall–Kier alpha value is -4.44. The second-order valence-electron chi connectivity index (χ2n) is 7.62. The number of rotatable bonds is 3. The first-order chi connectivity index (χ1) is 15.7. The SMILES string of the molecule is O=C(Oc1ccc2ccccc2c1)c1cc(-c2cc3ccccc3o2)nc2ccccc12. The number of nitrogens with zero attached hydrogens (tertiary/aromatic N) is 1. The van der Waals surface area contributed by atoms with Gasteiger partial charge in [-0.2, -0.15) is 0 Å². The lowest BCUT2D eigenvalue weighted by atomic mass is 10.1. The predicted molar refractivity (Wildman–Crippen MR) is 126 cm³/mol. The summed E-state index contributed by atoms with van der Waals surface area (Å²) in [5, 5.41) is 3.82. The van der Waals surface area contributed by atoms with Crippen LogP contribution in [0.2, 0.25) is 0 Å². The molecule has 0 N–H and O–H groups in total. The normalized spacial score (nSPS) is 11.2. The summed E-state index contributed by atoms with van der Waals surface area (Å²) in [6.07, 6.45) is 0. The molecule has 4 aromatic carbocycles. The zero-order valence-corrected chi connectivity index (χ0v) is 17.0. The van der Waals surface area contributed by atoms with Crippen molar-refractivity contribution in [1.29, 1.82) is 0 Å². The van der Waals surface area contributed by atoms with Crippen LogP contribution in [-0.2, 0) is 0 Å². The van der Waals surface area contributed by atoms with Gasteiger partial charge in [-0.3, -0.25) is 0 Å². The van der Waals surface area contributed by atoms with Crippen LogP contribution in [0.3, 0.4) is 0 Å². The topological polar surface area (TPSA) is 52.3 Å². The molecule has 0 amide bonds. The van der Waals surface area contributed by atoms with Crippen LogP contribution in [0.5, 0.6) is 5.75 Å². The van der Waals surface area contributed by atoms with Crippen molar-refractivity contribution in [3.63, 3.8) is 0 Å². The van der Waals surface area contributed by atoms with Crippen molar-refractivity contribution in [2.45, 2.75) is 0 Å². The summed E-state index contributed by atoms with van der Waals surface area (Å²) in [5.74, 6) is 0.674. The van der Waals surface area contributed by atoms with E-state index in [1.54, 1.807) is 6.07 Å². The van der Waals surface area contributed by atoms with Crippen molar-refractivity contribution >= 4 is 38.6 Å². The van der Waals surface area contributed by atoms with Crippen molar-refractivity contribution in [2.75, 3.05) is 0 Å². The predicted octanol–water partition coefficient (Wildman–Crippen LogP) is 7.02. The highest BCUT2D eigenvalue weighted by Crippen LogP contribution is 2.30. The summed E-state index contributed by atoms with van der Waals surface area (Å²) in [5.41, 5.74) is 2.51. The fraction of sp³-hybridized carbons (Fsp3) is 0. The van der Waals surface area contributed by atoms with Gasteiger partial charge in [-0.15, -0.1) is 0 Å². The van der Waals surface area contributed by atoms with Gasteiger partial charge in [0, 0.05) is 10.8 Å². The molecular formula is C28H17NO3. The molecular weight excluding hydrogens is 398 g/mol. The van der Waals surface area contributed by atoms with Gasteiger partial charge >= 0.3 is 5.97 Å². The van der Waals surface area contributed by atoms with Gasteiger partial charge in [0.05, 0.1) is 11.1 Å². The standard InChI is InChI=1S/C28H17NO3/c30-28(31-21-14-13-18-7-1-2-8-19(18)15-21)23-17-25(29-24-11-5-4-10-22(23)24)27-16-20-9-3-6-12-26(20)32-27/h1-17H. The maximum Gasteiger partial charge on any atom is 0.344 e. The lowest BCUT2D eigenvalue weighted by Gasteiger charge is -2.09. The Morgan fingerprint density at radius 1 is 0.719 bits per heavy atom. The summed E-state index contributed by atoms with van der Waals surface area (Å²) < 4.78 is 11.8. The van der Waals surface area contributed by atoms with E-state index in [2.05, 4.69) is 0 Å². The molecule has 32 heavy (non-hydrogen) atoms. The van der Waals surface area contributed by atoms with Crippen LogP contribution < -0.4 is 4.74 Å². The minimum atomic E-state index is -0.434. The quantitative estimate of drug-likeness (QED) is 0.230. The number of aromatic nitrogens is 1. The molecule has 6 rings (SSSR count). The molecule has 0 aliphatic rings. The van der Waals surface area contributed by atoms with Crippen LogP contribution in [-0.4, -0.2) is 11.0 Å². The summed E-state index contributed by atoms with van der Waals surface area (Å²) in [6.45, 7) is 0. The van der Waals surface area contributed by atoms with Gasteiger partial charge in [0.25, 0.3) is 0 Å². The Balaban J connectivity index is 1.44. The first-order valence-electron chi connectivity index (χ1n) is 10.3. The van der Waals surface area contributed by atoms with Crippen molar-refractivity contribution in [1.82, 2.24) is 4.98 Å². The molecule has 2 aromatic heterocycles. The number of fused-ring (bicyclic) bond motifs is 3. The number of benzene rings is 4. The zero-order valence-electron chi connectivity index (χ0n) is 17.0. The van der Waals surface area contributed by atoms with Crippen LogP contribution in [0.15, 0.2) is 108 Å². The number of hydrogen-bond donors (Lipinski definition) is 0. The molecule has 0 unspecified atom stereocenters. The first-order valence-corrected chi connectivity index (χ1v) is 10.3.